The normalized spacial score (nSPS) is 10.3. The SMILES string of the molecule is c1n[nH]c(CCc2ncn[nH]2)n1. The summed E-state index contributed by atoms with van der Waals surface area (Å²) >= 11 is 0. The zero-order chi connectivity index (χ0) is 8.23. The average molecular weight is 164 g/mol. The molecule has 12 heavy (non-hydrogen) atoms. The van der Waals surface area contributed by atoms with E-state index in [0.717, 1.165) is 24.5 Å². The summed E-state index contributed by atoms with van der Waals surface area (Å²) in [6.45, 7) is 0. The zero-order valence-electron chi connectivity index (χ0n) is 6.36. The molecule has 6 heteroatoms. The molecule has 0 aliphatic carbocycles. The van der Waals surface area contributed by atoms with Gasteiger partial charge in [0.25, 0.3) is 0 Å². The third-order valence-corrected chi connectivity index (χ3v) is 1.53. The fraction of sp³-hybridized carbons (Fsp3) is 0.333. The van der Waals surface area contributed by atoms with Crippen LogP contribution >= 0.6 is 0 Å². The molecule has 0 unspecified atom stereocenters. The molecule has 6 nitrogen and oxygen atoms in total. The summed E-state index contributed by atoms with van der Waals surface area (Å²) in [6, 6.07) is 0. The van der Waals surface area contributed by atoms with Gasteiger partial charge in [-0.1, -0.05) is 0 Å². The molecular formula is C6H8N6. The van der Waals surface area contributed by atoms with Gasteiger partial charge in [0.2, 0.25) is 0 Å². The van der Waals surface area contributed by atoms with Crippen LogP contribution in [0.5, 0.6) is 0 Å². The molecule has 0 saturated carbocycles. The molecule has 2 aromatic rings. The molecular weight excluding hydrogens is 156 g/mol. The van der Waals surface area contributed by atoms with Gasteiger partial charge in [0.05, 0.1) is 0 Å². The maximum Gasteiger partial charge on any atom is 0.137 e. The second kappa shape index (κ2) is 3.12. The number of nitrogens with zero attached hydrogens (tertiary/aromatic N) is 4. The number of hydrogen-bond donors (Lipinski definition) is 2. The Morgan fingerprint density at radius 2 is 1.42 bits per heavy atom. The minimum Gasteiger partial charge on any atom is -0.263 e. The molecule has 0 aromatic carbocycles. The van der Waals surface area contributed by atoms with Crippen molar-refractivity contribution in [3.05, 3.63) is 24.3 Å². The molecule has 2 rings (SSSR count). The van der Waals surface area contributed by atoms with Crippen LogP contribution in [0.25, 0.3) is 0 Å². The van der Waals surface area contributed by atoms with Crippen LogP contribution in [0.2, 0.25) is 0 Å². The molecule has 0 spiro atoms. The predicted octanol–water partition coefficient (Wildman–Crippen LogP) is -0.292. The molecule has 0 radical (unpaired) electrons. The van der Waals surface area contributed by atoms with Crippen molar-refractivity contribution in [1.29, 1.82) is 0 Å². The lowest BCUT2D eigenvalue weighted by Crippen LogP contribution is -1.95. The van der Waals surface area contributed by atoms with Crippen molar-refractivity contribution in [1.82, 2.24) is 30.4 Å². The van der Waals surface area contributed by atoms with Crippen molar-refractivity contribution in [2.24, 2.45) is 0 Å². The summed E-state index contributed by atoms with van der Waals surface area (Å²) in [4.78, 5) is 7.97. The first kappa shape index (κ1) is 6.96. The lowest BCUT2D eigenvalue weighted by atomic mass is 10.3. The third kappa shape index (κ3) is 1.47. The number of aromatic amines is 2. The van der Waals surface area contributed by atoms with E-state index in [1.165, 1.54) is 12.7 Å². The van der Waals surface area contributed by atoms with Crippen molar-refractivity contribution in [3.63, 3.8) is 0 Å². The van der Waals surface area contributed by atoms with Crippen molar-refractivity contribution in [2.45, 2.75) is 12.8 Å². The molecule has 0 atom stereocenters. The first-order valence-corrected chi connectivity index (χ1v) is 3.63. The number of aromatic nitrogens is 6. The monoisotopic (exact) mass is 164 g/mol. The van der Waals surface area contributed by atoms with Crippen LogP contribution in [-0.4, -0.2) is 30.4 Å². The Morgan fingerprint density at radius 1 is 0.917 bits per heavy atom. The Balaban J connectivity index is 1.91. The minimum atomic E-state index is 0.801. The van der Waals surface area contributed by atoms with Crippen LogP contribution in [0.15, 0.2) is 12.7 Å². The van der Waals surface area contributed by atoms with Gasteiger partial charge in [-0.05, 0) is 0 Å². The Morgan fingerprint density at radius 3 is 1.75 bits per heavy atom. The van der Waals surface area contributed by atoms with Gasteiger partial charge < -0.3 is 0 Å². The van der Waals surface area contributed by atoms with Crippen LogP contribution < -0.4 is 0 Å². The summed E-state index contributed by atoms with van der Waals surface area (Å²) in [7, 11) is 0. The summed E-state index contributed by atoms with van der Waals surface area (Å²) in [5.41, 5.74) is 0. The molecule has 0 aliphatic heterocycles. The number of nitrogens with one attached hydrogen (secondary N) is 2. The van der Waals surface area contributed by atoms with Gasteiger partial charge in [0.15, 0.2) is 0 Å². The second-order valence-electron chi connectivity index (χ2n) is 2.36. The fourth-order valence-electron chi connectivity index (χ4n) is 0.939. The summed E-state index contributed by atoms with van der Waals surface area (Å²) in [5.74, 6) is 1.73. The van der Waals surface area contributed by atoms with Gasteiger partial charge in [0, 0.05) is 12.8 Å². The first-order valence-electron chi connectivity index (χ1n) is 3.63. The van der Waals surface area contributed by atoms with E-state index in [0.29, 0.717) is 0 Å². The summed E-state index contributed by atoms with van der Waals surface area (Å²) in [6.07, 6.45) is 4.59. The lowest BCUT2D eigenvalue weighted by molar-refractivity contribution is 0.814. The average Bonchev–Trinajstić information content (AvgIpc) is 2.74. The Labute approximate surface area is 68.5 Å². The number of hydrogen-bond acceptors (Lipinski definition) is 4. The smallest absolute Gasteiger partial charge is 0.137 e. The molecule has 0 saturated heterocycles. The van der Waals surface area contributed by atoms with E-state index in [-0.39, 0.29) is 0 Å². The van der Waals surface area contributed by atoms with E-state index >= 15 is 0 Å². The first-order chi connectivity index (χ1) is 5.95. The molecule has 2 N–H and O–H groups in total. The Kier molecular flexibility index (Phi) is 1.81. The largest absolute Gasteiger partial charge is 0.263 e. The molecule has 62 valence electrons. The lowest BCUT2D eigenvalue weighted by Gasteiger charge is -1.91. The van der Waals surface area contributed by atoms with Crippen molar-refractivity contribution >= 4 is 0 Å². The van der Waals surface area contributed by atoms with Crippen molar-refractivity contribution < 1.29 is 0 Å². The predicted molar refractivity (Wildman–Crippen MR) is 40.2 cm³/mol. The quantitative estimate of drug-likeness (QED) is 0.652. The second-order valence-corrected chi connectivity index (χ2v) is 2.36. The minimum absolute atomic E-state index is 0.801. The van der Waals surface area contributed by atoms with Gasteiger partial charge in [-0.3, -0.25) is 10.2 Å². The molecule has 0 fully saturated rings. The maximum atomic E-state index is 3.99. The summed E-state index contributed by atoms with van der Waals surface area (Å²) in [5, 5.41) is 13.0. The summed E-state index contributed by atoms with van der Waals surface area (Å²) < 4.78 is 0. The maximum absolute atomic E-state index is 3.99. The number of rotatable bonds is 3. The topological polar surface area (TPSA) is 83.1 Å². The molecule has 0 bridgehead atoms. The van der Waals surface area contributed by atoms with E-state index in [1.54, 1.807) is 0 Å². The van der Waals surface area contributed by atoms with Gasteiger partial charge in [-0.2, -0.15) is 10.2 Å². The van der Waals surface area contributed by atoms with Crippen molar-refractivity contribution in [2.75, 3.05) is 0 Å². The van der Waals surface area contributed by atoms with Crippen LogP contribution in [0.1, 0.15) is 11.6 Å². The van der Waals surface area contributed by atoms with Gasteiger partial charge in [-0.25, -0.2) is 9.97 Å². The van der Waals surface area contributed by atoms with E-state index in [4.69, 9.17) is 0 Å². The van der Waals surface area contributed by atoms with Gasteiger partial charge >= 0.3 is 0 Å². The molecule has 2 heterocycles. The Hall–Kier alpha value is -1.72. The zero-order valence-corrected chi connectivity index (χ0v) is 6.36. The number of H-pyrrole nitrogens is 2. The van der Waals surface area contributed by atoms with Crippen LogP contribution in [-0.2, 0) is 12.8 Å². The van der Waals surface area contributed by atoms with Crippen LogP contribution in [0.3, 0.4) is 0 Å². The highest BCUT2D eigenvalue weighted by Gasteiger charge is 1.98. The standard InChI is InChI=1S/C6H8N6/c1(5-7-3-9-11-5)2-6-8-4-10-12-6/h3-4H,1-2H2,(H,7,9,11)(H,8,10,12). The molecule has 2 aromatic heterocycles. The highest BCUT2D eigenvalue weighted by molar-refractivity contribution is 4.88. The third-order valence-electron chi connectivity index (χ3n) is 1.53. The molecule has 0 aliphatic rings. The van der Waals surface area contributed by atoms with Gasteiger partial charge in [-0.15, -0.1) is 0 Å². The van der Waals surface area contributed by atoms with Crippen LogP contribution in [0, 0.1) is 0 Å². The highest BCUT2D eigenvalue weighted by atomic mass is 15.2. The van der Waals surface area contributed by atoms with E-state index in [9.17, 15) is 0 Å². The van der Waals surface area contributed by atoms with E-state index < -0.39 is 0 Å². The van der Waals surface area contributed by atoms with Gasteiger partial charge in [0.1, 0.15) is 24.3 Å². The number of aryl methyl sites for hydroxylation is 2. The Bertz CT molecular complexity index is 275. The van der Waals surface area contributed by atoms with E-state index in [2.05, 4.69) is 30.4 Å². The highest BCUT2D eigenvalue weighted by Crippen LogP contribution is 1.94. The fourth-order valence-corrected chi connectivity index (χ4v) is 0.939. The van der Waals surface area contributed by atoms with E-state index in [1.807, 2.05) is 0 Å². The van der Waals surface area contributed by atoms with Crippen LogP contribution in [0.4, 0.5) is 0 Å². The molecule has 0 amide bonds. The van der Waals surface area contributed by atoms with Crippen molar-refractivity contribution in [3.8, 4) is 0 Å².